The highest BCUT2D eigenvalue weighted by atomic mass is 32.2. The van der Waals surface area contributed by atoms with Crippen LogP contribution in [0.2, 0.25) is 0 Å². The van der Waals surface area contributed by atoms with Crippen LogP contribution in [0.3, 0.4) is 0 Å². The maximum atomic E-state index is 3.37. The third kappa shape index (κ3) is 5.07. The van der Waals surface area contributed by atoms with Gasteiger partial charge in [0.15, 0.2) is 0 Å². The zero-order valence-corrected chi connectivity index (χ0v) is 16.8. The molecule has 1 N–H and O–H groups in total. The van der Waals surface area contributed by atoms with Gasteiger partial charge in [-0.25, -0.2) is 4.41 Å². The van der Waals surface area contributed by atoms with Crippen LogP contribution in [0.1, 0.15) is 62.6 Å². The van der Waals surface area contributed by atoms with E-state index in [4.69, 9.17) is 0 Å². The fourth-order valence-corrected chi connectivity index (χ4v) is 4.09. The number of anilines is 1. The molecule has 0 spiro atoms. The lowest BCUT2D eigenvalue weighted by molar-refractivity contribution is 0.667. The molecule has 1 aliphatic rings. The lowest BCUT2D eigenvalue weighted by atomic mass is 10.0. The van der Waals surface area contributed by atoms with E-state index < -0.39 is 0 Å². The monoisotopic (exact) mass is 366 g/mol. The van der Waals surface area contributed by atoms with Crippen LogP contribution < -0.4 is 9.84 Å². The Bertz CT molecular complexity index is 704. The molecule has 1 aliphatic heterocycles. The Kier molecular flexibility index (Phi) is 7.07. The summed E-state index contributed by atoms with van der Waals surface area (Å²) < 4.78 is 2.13. The second kappa shape index (κ2) is 9.72. The van der Waals surface area contributed by atoms with Gasteiger partial charge in [0.05, 0.1) is 10.6 Å². The van der Waals surface area contributed by atoms with Crippen LogP contribution in [0.15, 0.2) is 54.7 Å². The Balaban J connectivity index is 1.54. The summed E-state index contributed by atoms with van der Waals surface area (Å²) >= 11 is 1.75. The summed E-state index contributed by atoms with van der Waals surface area (Å²) in [7, 11) is 0. The molecule has 2 aromatic carbocycles. The van der Waals surface area contributed by atoms with Gasteiger partial charge in [0.2, 0.25) is 0 Å². The van der Waals surface area contributed by atoms with E-state index in [0.29, 0.717) is 0 Å². The Morgan fingerprint density at radius 1 is 0.769 bits per heavy atom. The van der Waals surface area contributed by atoms with Crippen molar-refractivity contribution in [3.05, 3.63) is 71.4 Å². The van der Waals surface area contributed by atoms with E-state index in [1.807, 2.05) is 0 Å². The molecule has 0 atom stereocenters. The quantitative estimate of drug-likeness (QED) is 0.391. The van der Waals surface area contributed by atoms with E-state index in [0.717, 1.165) is 6.42 Å². The highest BCUT2D eigenvalue weighted by Crippen LogP contribution is 2.36. The van der Waals surface area contributed by atoms with Crippen LogP contribution in [-0.2, 0) is 12.8 Å². The van der Waals surface area contributed by atoms with Gasteiger partial charge in [0.1, 0.15) is 0 Å². The summed E-state index contributed by atoms with van der Waals surface area (Å²) in [6.45, 7) is 4.48. The standard InChI is InChI=1S/C23H30N2S/c1-3-5-6-7-9-20-10-14-21(15-11-20)23-18-24-25(26-23)22-16-12-19(8-4-2)13-17-22/h10-18,24H,3-9H2,1-2H3. The summed E-state index contributed by atoms with van der Waals surface area (Å²) in [5.74, 6) is 0. The van der Waals surface area contributed by atoms with Gasteiger partial charge >= 0.3 is 0 Å². The molecule has 0 amide bonds. The van der Waals surface area contributed by atoms with Gasteiger partial charge < -0.3 is 0 Å². The number of hydrazine groups is 1. The van der Waals surface area contributed by atoms with E-state index >= 15 is 0 Å². The molecular weight excluding hydrogens is 336 g/mol. The van der Waals surface area contributed by atoms with Crippen molar-refractivity contribution in [3.63, 3.8) is 0 Å². The van der Waals surface area contributed by atoms with Crippen LogP contribution in [-0.4, -0.2) is 0 Å². The fraction of sp³-hybridized carbons (Fsp3) is 0.391. The van der Waals surface area contributed by atoms with Gasteiger partial charge in [-0.2, -0.15) is 0 Å². The average Bonchev–Trinajstić information content (AvgIpc) is 3.17. The number of hydrogen-bond acceptors (Lipinski definition) is 3. The number of rotatable bonds is 9. The average molecular weight is 367 g/mol. The van der Waals surface area contributed by atoms with Gasteiger partial charge in [-0.3, -0.25) is 5.43 Å². The van der Waals surface area contributed by atoms with E-state index in [1.54, 1.807) is 11.9 Å². The predicted octanol–water partition coefficient (Wildman–Crippen LogP) is 6.73. The first-order valence-electron chi connectivity index (χ1n) is 9.93. The molecule has 0 aromatic heterocycles. The van der Waals surface area contributed by atoms with Crippen molar-refractivity contribution in [2.45, 2.75) is 58.8 Å². The second-order valence-electron chi connectivity index (χ2n) is 6.95. The minimum absolute atomic E-state index is 1.15. The highest BCUT2D eigenvalue weighted by molar-refractivity contribution is 8.09. The topological polar surface area (TPSA) is 15.3 Å². The van der Waals surface area contributed by atoms with E-state index in [9.17, 15) is 0 Å². The van der Waals surface area contributed by atoms with Gasteiger partial charge in [-0.05, 0) is 48.1 Å². The third-order valence-corrected chi connectivity index (χ3v) is 5.82. The molecule has 0 saturated heterocycles. The fourth-order valence-electron chi connectivity index (χ4n) is 3.21. The molecule has 2 nitrogen and oxygen atoms in total. The molecule has 0 fully saturated rings. The summed E-state index contributed by atoms with van der Waals surface area (Å²) in [5.41, 5.74) is 8.70. The molecule has 0 saturated carbocycles. The second-order valence-corrected chi connectivity index (χ2v) is 7.93. The summed E-state index contributed by atoms with van der Waals surface area (Å²) in [6, 6.07) is 17.9. The highest BCUT2D eigenvalue weighted by Gasteiger charge is 2.17. The molecule has 26 heavy (non-hydrogen) atoms. The Labute approximate surface area is 162 Å². The van der Waals surface area contributed by atoms with Gasteiger partial charge in [-0.15, -0.1) is 0 Å². The normalized spacial score (nSPS) is 13.6. The minimum atomic E-state index is 1.15. The van der Waals surface area contributed by atoms with Crippen molar-refractivity contribution in [1.29, 1.82) is 0 Å². The largest absolute Gasteiger partial charge is 0.294 e. The molecule has 2 aromatic rings. The molecular formula is C23H30N2S. The number of hydrogen-bond donors (Lipinski definition) is 1. The van der Waals surface area contributed by atoms with Gasteiger partial charge in [-0.1, -0.05) is 75.9 Å². The molecule has 3 rings (SSSR count). The first-order chi connectivity index (χ1) is 12.8. The number of nitrogens with one attached hydrogen (secondary N) is 1. The van der Waals surface area contributed by atoms with Crippen LogP contribution >= 0.6 is 11.9 Å². The molecule has 0 bridgehead atoms. The zero-order chi connectivity index (χ0) is 18.2. The van der Waals surface area contributed by atoms with Crippen LogP contribution in [0, 0.1) is 0 Å². The minimum Gasteiger partial charge on any atom is -0.294 e. The molecule has 0 unspecified atom stereocenters. The predicted molar refractivity (Wildman–Crippen MR) is 116 cm³/mol. The summed E-state index contributed by atoms with van der Waals surface area (Å²) in [6.07, 6.45) is 10.9. The van der Waals surface area contributed by atoms with Crippen LogP contribution in [0.5, 0.6) is 0 Å². The Hall–Kier alpha value is -1.87. The van der Waals surface area contributed by atoms with Crippen molar-refractivity contribution in [3.8, 4) is 0 Å². The molecule has 1 heterocycles. The Morgan fingerprint density at radius 3 is 2.15 bits per heavy atom. The number of unbranched alkanes of at least 4 members (excludes halogenated alkanes) is 3. The van der Waals surface area contributed by atoms with Crippen molar-refractivity contribution >= 4 is 22.5 Å². The number of nitrogens with zero attached hydrogens (tertiary/aromatic N) is 1. The molecule has 3 heteroatoms. The van der Waals surface area contributed by atoms with E-state index in [1.165, 1.54) is 65.8 Å². The zero-order valence-electron chi connectivity index (χ0n) is 16.0. The van der Waals surface area contributed by atoms with Crippen molar-refractivity contribution < 1.29 is 0 Å². The molecule has 0 aliphatic carbocycles. The smallest absolute Gasteiger partial charge is 0.0704 e. The van der Waals surface area contributed by atoms with Crippen LogP contribution in [0.4, 0.5) is 5.69 Å². The van der Waals surface area contributed by atoms with Crippen molar-refractivity contribution in [2.24, 2.45) is 0 Å². The van der Waals surface area contributed by atoms with Crippen molar-refractivity contribution in [2.75, 3.05) is 4.41 Å². The first-order valence-corrected chi connectivity index (χ1v) is 10.7. The lowest BCUT2D eigenvalue weighted by Crippen LogP contribution is -2.22. The third-order valence-electron chi connectivity index (χ3n) is 4.77. The SMILES string of the molecule is CCCCCCc1ccc(C2=CNN(c3ccc(CCC)cc3)S2)cc1. The van der Waals surface area contributed by atoms with Crippen molar-refractivity contribution in [1.82, 2.24) is 5.43 Å². The Morgan fingerprint density at radius 2 is 1.46 bits per heavy atom. The van der Waals surface area contributed by atoms with E-state index in [-0.39, 0.29) is 0 Å². The van der Waals surface area contributed by atoms with Gasteiger partial charge in [0.25, 0.3) is 0 Å². The maximum Gasteiger partial charge on any atom is 0.0704 e. The first kappa shape index (κ1) is 18.9. The molecule has 0 radical (unpaired) electrons. The summed E-state index contributed by atoms with van der Waals surface area (Å²) in [5, 5.41) is 0. The summed E-state index contributed by atoms with van der Waals surface area (Å²) in [4.78, 5) is 1.26. The molecule has 138 valence electrons. The van der Waals surface area contributed by atoms with E-state index in [2.05, 4.69) is 78.4 Å². The lowest BCUT2D eigenvalue weighted by Gasteiger charge is -2.17. The number of aryl methyl sites for hydroxylation is 2. The van der Waals surface area contributed by atoms with Crippen LogP contribution in [0.25, 0.3) is 4.91 Å². The van der Waals surface area contributed by atoms with Gasteiger partial charge in [0, 0.05) is 18.1 Å². The maximum absolute atomic E-state index is 3.37. The number of benzene rings is 2.